The van der Waals surface area contributed by atoms with Crippen LogP contribution in [0.3, 0.4) is 0 Å². The molecule has 0 unspecified atom stereocenters. The van der Waals surface area contributed by atoms with Crippen LogP contribution in [0.25, 0.3) is 0 Å². The Balaban J connectivity index is 1.93. The molecule has 0 spiro atoms. The van der Waals surface area contributed by atoms with Gasteiger partial charge < -0.3 is 15.6 Å². The number of amides is 1. The fourth-order valence-electron chi connectivity index (χ4n) is 1.50. The molecule has 0 fully saturated rings. The largest absolute Gasteiger partial charge is 0.346 e. The highest BCUT2D eigenvalue weighted by Gasteiger charge is 2.10. The monoisotopic (exact) mass is 265 g/mol. The van der Waals surface area contributed by atoms with Crippen molar-refractivity contribution in [3.8, 4) is 0 Å². The predicted molar refractivity (Wildman–Crippen MR) is 69.3 cm³/mol. The highest BCUT2D eigenvalue weighted by molar-refractivity contribution is 7.09. The minimum atomic E-state index is -0.182. The molecule has 0 aliphatic carbocycles. The summed E-state index contributed by atoms with van der Waals surface area (Å²) in [5.74, 6) is -0.182. The van der Waals surface area contributed by atoms with Gasteiger partial charge in [-0.3, -0.25) is 4.79 Å². The molecule has 2 heterocycles. The third-order valence-corrected chi connectivity index (χ3v) is 3.44. The van der Waals surface area contributed by atoms with Crippen molar-refractivity contribution in [3.05, 3.63) is 34.3 Å². The molecule has 2 aromatic rings. The first-order valence-electron chi connectivity index (χ1n) is 5.59. The average molecular weight is 265 g/mol. The van der Waals surface area contributed by atoms with Crippen LogP contribution in [0.15, 0.2) is 18.0 Å². The fourth-order valence-corrected chi connectivity index (χ4v) is 2.21. The number of aromatic nitrogens is 3. The minimum absolute atomic E-state index is 0.182. The zero-order valence-corrected chi connectivity index (χ0v) is 10.9. The second-order valence-corrected chi connectivity index (χ2v) is 4.77. The van der Waals surface area contributed by atoms with Gasteiger partial charge in [-0.15, -0.1) is 11.3 Å². The maximum Gasteiger partial charge on any atom is 0.271 e. The third kappa shape index (κ3) is 2.93. The molecule has 0 atom stereocenters. The van der Waals surface area contributed by atoms with Gasteiger partial charge in [0.2, 0.25) is 0 Å². The summed E-state index contributed by atoms with van der Waals surface area (Å²) in [6.07, 6.45) is 3.31. The molecular formula is C11H15N5OS. The third-order valence-electron chi connectivity index (χ3n) is 2.51. The number of carbonyl (C=O) groups is 1. The second kappa shape index (κ2) is 5.74. The van der Waals surface area contributed by atoms with Crippen molar-refractivity contribution in [2.75, 3.05) is 6.54 Å². The van der Waals surface area contributed by atoms with E-state index in [9.17, 15) is 4.79 Å². The van der Waals surface area contributed by atoms with E-state index in [1.54, 1.807) is 22.6 Å². The van der Waals surface area contributed by atoms with E-state index in [1.165, 1.54) is 11.3 Å². The summed E-state index contributed by atoms with van der Waals surface area (Å²) in [4.78, 5) is 21.1. The van der Waals surface area contributed by atoms with Gasteiger partial charge in [-0.1, -0.05) is 0 Å². The van der Waals surface area contributed by atoms with Crippen LogP contribution in [0, 0.1) is 6.92 Å². The number of nitrogens with one attached hydrogen (secondary N) is 1. The van der Waals surface area contributed by atoms with E-state index < -0.39 is 0 Å². The van der Waals surface area contributed by atoms with Gasteiger partial charge in [-0.05, 0) is 6.92 Å². The van der Waals surface area contributed by atoms with Gasteiger partial charge in [0.15, 0.2) is 0 Å². The number of hydrogen-bond donors (Lipinski definition) is 2. The summed E-state index contributed by atoms with van der Waals surface area (Å²) in [5.41, 5.74) is 8.56. The van der Waals surface area contributed by atoms with Gasteiger partial charge in [0.1, 0.15) is 5.69 Å². The van der Waals surface area contributed by atoms with E-state index in [0.29, 0.717) is 25.3 Å². The molecule has 6 nitrogen and oxygen atoms in total. The first-order valence-corrected chi connectivity index (χ1v) is 6.47. The molecule has 0 saturated carbocycles. The molecule has 3 N–H and O–H groups in total. The van der Waals surface area contributed by atoms with Gasteiger partial charge >= 0.3 is 0 Å². The number of nitrogens with two attached hydrogens (primary N) is 1. The Labute approximate surface area is 109 Å². The Bertz CT molecular complexity index is 533. The van der Waals surface area contributed by atoms with Gasteiger partial charge in [-0.2, -0.15) is 0 Å². The molecule has 0 aliphatic rings. The topological polar surface area (TPSA) is 85.8 Å². The molecule has 0 aliphatic heterocycles. The maximum atomic E-state index is 11.8. The number of carbonyl (C=O) groups excluding carboxylic acids is 1. The summed E-state index contributed by atoms with van der Waals surface area (Å²) < 4.78 is 1.80. The van der Waals surface area contributed by atoms with Crippen LogP contribution in [0.5, 0.6) is 0 Å². The highest BCUT2D eigenvalue weighted by atomic mass is 32.1. The number of imidazole rings is 1. The van der Waals surface area contributed by atoms with Crippen molar-refractivity contribution in [2.24, 2.45) is 5.73 Å². The van der Waals surface area contributed by atoms with Crippen molar-refractivity contribution >= 4 is 17.2 Å². The second-order valence-electron chi connectivity index (χ2n) is 3.83. The van der Waals surface area contributed by atoms with E-state index in [2.05, 4.69) is 15.3 Å². The van der Waals surface area contributed by atoms with E-state index in [1.807, 2.05) is 6.92 Å². The van der Waals surface area contributed by atoms with Gasteiger partial charge in [0.25, 0.3) is 5.91 Å². The number of nitrogens with zero attached hydrogens (tertiary/aromatic N) is 3. The average Bonchev–Trinajstić information content (AvgIpc) is 2.96. The maximum absolute atomic E-state index is 11.8. The summed E-state index contributed by atoms with van der Waals surface area (Å²) in [7, 11) is 0. The van der Waals surface area contributed by atoms with Crippen LogP contribution in [0.1, 0.15) is 21.1 Å². The lowest BCUT2D eigenvalue weighted by atomic mass is 10.3. The lowest BCUT2D eigenvalue weighted by Crippen LogP contribution is -2.23. The van der Waals surface area contributed by atoms with E-state index in [0.717, 1.165) is 10.6 Å². The van der Waals surface area contributed by atoms with E-state index in [-0.39, 0.29) is 5.91 Å². The zero-order chi connectivity index (χ0) is 13.0. The molecule has 0 aromatic carbocycles. The van der Waals surface area contributed by atoms with Crippen molar-refractivity contribution in [1.29, 1.82) is 0 Å². The normalized spacial score (nSPS) is 10.6. The zero-order valence-electron chi connectivity index (χ0n) is 10.1. The molecule has 1 amide bonds. The summed E-state index contributed by atoms with van der Waals surface area (Å²) >= 11 is 1.53. The molecule has 0 radical (unpaired) electrons. The molecule has 18 heavy (non-hydrogen) atoms. The van der Waals surface area contributed by atoms with Crippen molar-refractivity contribution in [1.82, 2.24) is 19.9 Å². The van der Waals surface area contributed by atoms with Gasteiger partial charge in [-0.25, -0.2) is 9.97 Å². The van der Waals surface area contributed by atoms with Gasteiger partial charge in [0, 0.05) is 24.2 Å². The smallest absolute Gasteiger partial charge is 0.271 e. The number of thiazole rings is 1. The van der Waals surface area contributed by atoms with Crippen molar-refractivity contribution < 1.29 is 4.79 Å². The molecule has 7 heteroatoms. The van der Waals surface area contributed by atoms with Crippen molar-refractivity contribution in [2.45, 2.75) is 20.0 Å². The number of aryl methyl sites for hydroxylation is 1. The lowest BCUT2D eigenvalue weighted by molar-refractivity contribution is 0.0946. The summed E-state index contributed by atoms with van der Waals surface area (Å²) in [6.45, 7) is 3.60. The van der Waals surface area contributed by atoms with Crippen LogP contribution in [-0.4, -0.2) is 27.0 Å². The molecule has 0 saturated heterocycles. The Morgan fingerprint density at radius 2 is 2.39 bits per heavy atom. The summed E-state index contributed by atoms with van der Waals surface area (Å²) in [6, 6.07) is 0. The first-order chi connectivity index (χ1) is 8.70. The van der Waals surface area contributed by atoms with E-state index in [4.69, 9.17) is 5.73 Å². The van der Waals surface area contributed by atoms with E-state index >= 15 is 0 Å². The first kappa shape index (κ1) is 12.7. The van der Waals surface area contributed by atoms with Crippen LogP contribution in [0.2, 0.25) is 0 Å². The highest BCUT2D eigenvalue weighted by Crippen LogP contribution is 2.11. The van der Waals surface area contributed by atoms with Crippen LogP contribution >= 0.6 is 11.3 Å². The number of hydrogen-bond acceptors (Lipinski definition) is 5. The predicted octanol–water partition coefficient (Wildman–Crippen LogP) is 0.537. The van der Waals surface area contributed by atoms with Crippen LogP contribution in [0.4, 0.5) is 0 Å². The standard InChI is InChI=1S/C11H15N5OS/c1-8-10(18-7-15-8)4-13-11(17)9-5-16(3-2-12)6-14-9/h5-7H,2-4,12H2,1H3,(H,13,17). The Kier molecular flexibility index (Phi) is 4.06. The van der Waals surface area contributed by atoms with Crippen LogP contribution < -0.4 is 11.1 Å². The lowest BCUT2D eigenvalue weighted by Gasteiger charge is -2.01. The Morgan fingerprint density at radius 1 is 1.56 bits per heavy atom. The van der Waals surface area contributed by atoms with Crippen molar-refractivity contribution in [3.63, 3.8) is 0 Å². The van der Waals surface area contributed by atoms with Crippen LogP contribution in [-0.2, 0) is 13.1 Å². The Morgan fingerprint density at radius 3 is 3.06 bits per heavy atom. The molecule has 2 rings (SSSR count). The molecule has 2 aromatic heterocycles. The molecular weight excluding hydrogens is 250 g/mol. The quantitative estimate of drug-likeness (QED) is 0.826. The molecule has 96 valence electrons. The van der Waals surface area contributed by atoms with Gasteiger partial charge in [0.05, 0.1) is 24.1 Å². The molecule has 0 bridgehead atoms. The Hall–Kier alpha value is -1.73. The SMILES string of the molecule is Cc1ncsc1CNC(=O)c1cn(CCN)cn1. The fraction of sp³-hybridized carbons (Fsp3) is 0.364. The minimum Gasteiger partial charge on any atom is -0.346 e. The summed E-state index contributed by atoms with van der Waals surface area (Å²) in [5, 5.41) is 2.82. The number of rotatable bonds is 5.